The molecule has 2 heterocycles. The number of nitrogens with two attached hydrogens (primary N) is 1. The van der Waals surface area contributed by atoms with Crippen LogP contribution in [0, 0.1) is 0 Å². The Morgan fingerprint density at radius 3 is 2.74 bits per heavy atom. The lowest BCUT2D eigenvalue weighted by atomic mass is 9.93. The van der Waals surface area contributed by atoms with Gasteiger partial charge < -0.3 is 25.8 Å². The number of aromatic nitrogens is 2. The van der Waals surface area contributed by atoms with E-state index in [1.54, 1.807) is 6.92 Å². The summed E-state index contributed by atoms with van der Waals surface area (Å²) in [5.41, 5.74) is 3.40. The highest BCUT2D eigenvalue weighted by molar-refractivity contribution is 5.23. The number of aliphatic hydroxyl groups is 3. The third-order valence-electron chi connectivity index (χ3n) is 3.50. The summed E-state index contributed by atoms with van der Waals surface area (Å²) in [7, 11) is 0. The van der Waals surface area contributed by atoms with Gasteiger partial charge in [0.05, 0.1) is 6.61 Å². The van der Waals surface area contributed by atoms with Crippen molar-refractivity contribution in [3.05, 3.63) is 22.7 Å². The summed E-state index contributed by atoms with van der Waals surface area (Å²) >= 11 is 0. The molecular formula is C11H17N3O5. The van der Waals surface area contributed by atoms with Crippen LogP contribution in [0.1, 0.15) is 19.6 Å². The van der Waals surface area contributed by atoms with Gasteiger partial charge in [0.1, 0.15) is 23.6 Å². The molecule has 0 radical (unpaired) electrons. The fourth-order valence-electron chi connectivity index (χ4n) is 2.22. The normalized spacial score (nSPS) is 34.6. The van der Waals surface area contributed by atoms with Crippen molar-refractivity contribution in [3.63, 3.8) is 0 Å². The first-order chi connectivity index (χ1) is 8.95. The molecule has 0 unspecified atom stereocenters. The van der Waals surface area contributed by atoms with E-state index < -0.39 is 36.3 Å². The fourth-order valence-corrected chi connectivity index (χ4v) is 2.22. The Kier molecular flexibility index (Phi) is 3.59. The van der Waals surface area contributed by atoms with Crippen LogP contribution in [0.2, 0.25) is 0 Å². The minimum absolute atomic E-state index is 0.0539. The van der Waals surface area contributed by atoms with Crippen molar-refractivity contribution in [1.82, 2.24) is 9.55 Å². The summed E-state index contributed by atoms with van der Waals surface area (Å²) in [6.07, 6.45) is -2.13. The predicted molar refractivity (Wildman–Crippen MR) is 65.2 cm³/mol. The van der Waals surface area contributed by atoms with E-state index in [-0.39, 0.29) is 12.2 Å². The van der Waals surface area contributed by atoms with Gasteiger partial charge in [-0.3, -0.25) is 4.57 Å². The monoisotopic (exact) mass is 271 g/mol. The molecule has 8 nitrogen and oxygen atoms in total. The minimum atomic E-state index is -1.34. The zero-order chi connectivity index (χ0) is 14.2. The van der Waals surface area contributed by atoms with E-state index in [1.165, 1.54) is 12.3 Å². The van der Waals surface area contributed by atoms with Gasteiger partial charge in [-0.15, -0.1) is 0 Å². The second-order valence-corrected chi connectivity index (χ2v) is 4.56. The van der Waals surface area contributed by atoms with Crippen molar-refractivity contribution in [3.8, 4) is 0 Å². The quantitative estimate of drug-likeness (QED) is 0.511. The van der Waals surface area contributed by atoms with Crippen molar-refractivity contribution in [1.29, 1.82) is 0 Å². The molecule has 8 heteroatoms. The SMILES string of the molecule is CC[C@]1(CO)O[C@@H](n2ccc(N)nc2=O)[C@H](O)[C@@H]1O. The molecule has 2 rings (SSSR count). The summed E-state index contributed by atoms with van der Waals surface area (Å²) < 4.78 is 6.55. The molecule has 0 saturated carbocycles. The maximum Gasteiger partial charge on any atom is 0.351 e. The maximum absolute atomic E-state index is 11.7. The average Bonchev–Trinajstić information content (AvgIpc) is 2.64. The van der Waals surface area contributed by atoms with Crippen LogP contribution in [0.4, 0.5) is 5.82 Å². The minimum Gasteiger partial charge on any atom is -0.393 e. The molecule has 0 aliphatic carbocycles. The molecule has 0 amide bonds. The number of hydrogen-bond donors (Lipinski definition) is 4. The summed E-state index contributed by atoms with van der Waals surface area (Å²) in [6.45, 7) is 1.24. The maximum atomic E-state index is 11.7. The highest BCUT2D eigenvalue weighted by Gasteiger charge is 2.53. The Hall–Kier alpha value is -1.48. The van der Waals surface area contributed by atoms with Crippen molar-refractivity contribution >= 4 is 5.82 Å². The number of aliphatic hydroxyl groups excluding tert-OH is 3. The van der Waals surface area contributed by atoms with Crippen LogP contribution in [0.5, 0.6) is 0 Å². The molecule has 1 saturated heterocycles. The van der Waals surface area contributed by atoms with Gasteiger partial charge in [-0.1, -0.05) is 6.92 Å². The Morgan fingerprint density at radius 2 is 2.26 bits per heavy atom. The van der Waals surface area contributed by atoms with Gasteiger partial charge in [0.15, 0.2) is 6.23 Å². The highest BCUT2D eigenvalue weighted by atomic mass is 16.6. The van der Waals surface area contributed by atoms with Crippen LogP contribution >= 0.6 is 0 Å². The third kappa shape index (κ3) is 2.12. The third-order valence-corrected chi connectivity index (χ3v) is 3.50. The van der Waals surface area contributed by atoms with Crippen LogP contribution in [0.15, 0.2) is 17.1 Å². The van der Waals surface area contributed by atoms with Crippen LogP contribution < -0.4 is 11.4 Å². The Morgan fingerprint density at radius 1 is 1.58 bits per heavy atom. The number of ether oxygens (including phenoxy) is 1. The van der Waals surface area contributed by atoms with Crippen LogP contribution in [0.3, 0.4) is 0 Å². The van der Waals surface area contributed by atoms with Crippen molar-refractivity contribution in [2.75, 3.05) is 12.3 Å². The standard InChI is InChI=1S/C11H17N3O5/c1-2-11(5-15)8(17)7(16)9(19-11)14-4-3-6(12)13-10(14)18/h3-4,7-9,15-17H,2,5H2,1H3,(H2,12,13,18)/t7-,8+,9-,11-/m1/s1. The Bertz CT molecular complexity index is 513. The molecule has 5 N–H and O–H groups in total. The lowest BCUT2D eigenvalue weighted by molar-refractivity contribution is -0.130. The van der Waals surface area contributed by atoms with Gasteiger partial charge in [-0.25, -0.2) is 4.79 Å². The first-order valence-corrected chi connectivity index (χ1v) is 5.94. The van der Waals surface area contributed by atoms with Crippen molar-refractivity contribution in [2.24, 2.45) is 0 Å². The predicted octanol–water partition coefficient (Wildman–Crippen LogP) is -1.78. The number of rotatable bonds is 3. The first-order valence-electron chi connectivity index (χ1n) is 5.94. The molecule has 106 valence electrons. The van der Waals surface area contributed by atoms with Gasteiger partial charge in [-0.05, 0) is 12.5 Å². The lowest BCUT2D eigenvalue weighted by Gasteiger charge is -2.28. The van der Waals surface area contributed by atoms with Gasteiger partial charge >= 0.3 is 5.69 Å². The van der Waals surface area contributed by atoms with Crippen molar-refractivity contribution in [2.45, 2.75) is 37.4 Å². The molecule has 1 fully saturated rings. The number of anilines is 1. The molecule has 0 bridgehead atoms. The topological polar surface area (TPSA) is 131 Å². The molecule has 1 aliphatic heterocycles. The summed E-state index contributed by atoms with van der Waals surface area (Å²) in [5.74, 6) is 0.0539. The lowest BCUT2D eigenvalue weighted by Crippen LogP contribution is -2.45. The second-order valence-electron chi connectivity index (χ2n) is 4.56. The van der Waals surface area contributed by atoms with E-state index in [4.69, 9.17) is 10.5 Å². The smallest absolute Gasteiger partial charge is 0.351 e. The summed E-state index contributed by atoms with van der Waals surface area (Å²) in [6, 6.07) is 1.38. The van der Waals surface area contributed by atoms with Gasteiger partial charge in [-0.2, -0.15) is 4.98 Å². The molecule has 4 atom stereocenters. The largest absolute Gasteiger partial charge is 0.393 e. The molecule has 19 heavy (non-hydrogen) atoms. The number of nitrogens with zero attached hydrogens (tertiary/aromatic N) is 2. The van der Waals surface area contributed by atoms with Crippen LogP contribution in [-0.2, 0) is 4.74 Å². The molecule has 0 aromatic carbocycles. The van der Waals surface area contributed by atoms with Crippen LogP contribution in [0.25, 0.3) is 0 Å². The van der Waals surface area contributed by atoms with E-state index in [1.807, 2.05) is 0 Å². The molecule has 1 aromatic rings. The fraction of sp³-hybridized carbons (Fsp3) is 0.636. The zero-order valence-electron chi connectivity index (χ0n) is 10.4. The Balaban J connectivity index is 2.39. The number of hydrogen-bond acceptors (Lipinski definition) is 7. The molecule has 0 spiro atoms. The van der Waals surface area contributed by atoms with Gasteiger partial charge in [0.25, 0.3) is 0 Å². The van der Waals surface area contributed by atoms with Crippen LogP contribution in [-0.4, -0.2) is 49.3 Å². The first kappa shape index (κ1) is 13.9. The number of nitrogen functional groups attached to an aromatic ring is 1. The highest BCUT2D eigenvalue weighted by Crippen LogP contribution is 2.38. The average molecular weight is 271 g/mol. The van der Waals surface area contributed by atoms with E-state index in [2.05, 4.69) is 4.98 Å². The zero-order valence-corrected chi connectivity index (χ0v) is 10.4. The van der Waals surface area contributed by atoms with Crippen molar-refractivity contribution < 1.29 is 20.1 Å². The molecular weight excluding hydrogens is 254 g/mol. The Labute approximate surface area is 109 Å². The molecule has 1 aromatic heterocycles. The second kappa shape index (κ2) is 4.89. The van der Waals surface area contributed by atoms with E-state index in [9.17, 15) is 20.1 Å². The summed E-state index contributed by atoms with van der Waals surface area (Å²) in [5, 5.41) is 29.4. The summed E-state index contributed by atoms with van der Waals surface area (Å²) in [4.78, 5) is 15.2. The van der Waals surface area contributed by atoms with E-state index in [0.717, 1.165) is 4.57 Å². The van der Waals surface area contributed by atoms with E-state index >= 15 is 0 Å². The molecule has 1 aliphatic rings. The van der Waals surface area contributed by atoms with Gasteiger partial charge in [0, 0.05) is 6.20 Å². The van der Waals surface area contributed by atoms with E-state index in [0.29, 0.717) is 0 Å². The van der Waals surface area contributed by atoms with Gasteiger partial charge in [0.2, 0.25) is 0 Å².